The Kier molecular flexibility index (Phi) is 3.15. The number of ether oxygens (including phenoxy) is 1. The number of hydrogen-bond acceptors (Lipinski definition) is 1. The average molecular weight is 131 g/mol. The van der Waals surface area contributed by atoms with Crippen molar-refractivity contribution in [2.24, 2.45) is 0 Å². The SMILES string of the molecule is CCC(C)([O])OC(C)C. The fourth-order valence-electron chi connectivity index (χ4n) is 0.582. The van der Waals surface area contributed by atoms with Crippen LogP contribution in [0.15, 0.2) is 0 Å². The molecular formula is C7H15O2. The lowest BCUT2D eigenvalue weighted by atomic mass is 10.2. The van der Waals surface area contributed by atoms with Crippen LogP contribution in [0.5, 0.6) is 0 Å². The Morgan fingerprint density at radius 2 is 2.00 bits per heavy atom. The molecule has 9 heavy (non-hydrogen) atoms. The van der Waals surface area contributed by atoms with Crippen molar-refractivity contribution in [3.8, 4) is 0 Å². The Morgan fingerprint density at radius 1 is 1.56 bits per heavy atom. The van der Waals surface area contributed by atoms with E-state index in [-0.39, 0.29) is 6.10 Å². The Morgan fingerprint density at radius 3 is 2.11 bits per heavy atom. The van der Waals surface area contributed by atoms with Crippen molar-refractivity contribution in [2.45, 2.75) is 46.0 Å². The van der Waals surface area contributed by atoms with Crippen LogP contribution in [0.2, 0.25) is 0 Å². The topological polar surface area (TPSA) is 29.1 Å². The molecule has 1 unspecified atom stereocenters. The van der Waals surface area contributed by atoms with Crippen molar-refractivity contribution in [3.63, 3.8) is 0 Å². The molecule has 2 nitrogen and oxygen atoms in total. The molecule has 0 saturated carbocycles. The fourth-order valence-corrected chi connectivity index (χ4v) is 0.582. The minimum absolute atomic E-state index is 0.0347. The van der Waals surface area contributed by atoms with E-state index in [2.05, 4.69) is 0 Å². The molecule has 0 saturated heterocycles. The van der Waals surface area contributed by atoms with Gasteiger partial charge in [-0.05, 0) is 20.8 Å². The summed E-state index contributed by atoms with van der Waals surface area (Å²) in [5.41, 5.74) is 0. The highest BCUT2D eigenvalue weighted by Gasteiger charge is 2.21. The lowest BCUT2D eigenvalue weighted by Gasteiger charge is -2.21. The first kappa shape index (κ1) is 8.92. The molecule has 1 radical (unpaired) electrons. The molecule has 0 aromatic rings. The Hall–Kier alpha value is -0.0800. The average Bonchev–Trinajstić information content (AvgIpc) is 1.63. The fraction of sp³-hybridized carbons (Fsp3) is 1.00. The van der Waals surface area contributed by atoms with Gasteiger partial charge in [0.1, 0.15) is 0 Å². The zero-order valence-electron chi connectivity index (χ0n) is 6.60. The zero-order chi connectivity index (χ0) is 7.49. The molecule has 1 atom stereocenters. The summed E-state index contributed by atoms with van der Waals surface area (Å²) in [6, 6.07) is 0. The van der Waals surface area contributed by atoms with Crippen molar-refractivity contribution in [1.29, 1.82) is 0 Å². The second kappa shape index (κ2) is 3.18. The lowest BCUT2D eigenvalue weighted by molar-refractivity contribution is -0.246. The van der Waals surface area contributed by atoms with E-state index in [0.717, 1.165) is 0 Å². The van der Waals surface area contributed by atoms with Gasteiger partial charge in [-0.25, -0.2) is 0 Å². The smallest absolute Gasteiger partial charge is 0.198 e. The van der Waals surface area contributed by atoms with E-state index in [9.17, 15) is 5.11 Å². The minimum Gasteiger partial charge on any atom is -0.345 e. The molecule has 0 N–H and O–H groups in total. The van der Waals surface area contributed by atoms with Crippen LogP contribution < -0.4 is 0 Å². The van der Waals surface area contributed by atoms with Gasteiger partial charge < -0.3 is 4.74 Å². The van der Waals surface area contributed by atoms with Crippen LogP contribution in [0.3, 0.4) is 0 Å². The van der Waals surface area contributed by atoms with Gasteiger partial charge >= 0.3 is 0 Å². The Bertz CT molecular complexity index is 77.0. The van der Waals surface area contributed by atoms with E-state index in [1.807, 2.05) is 20.8 Å². The molecule has 0 heterocycles. The zero-order valence-corrected chi connectivity index (χ0v) is 6.60. The van der Waals surface area contributed by atoms with Crippen LogP contribution >= 0.6 is 0 Å². The molecule has 0 aliphatic rings. The van der Waals surface area contributed by atoms with E-state index in [1.54, 1.807) is 6.92 Å². The quantitative estimate of drug-likeness (QED) is 0.538. The molecule has 0 spiro atoms. The lowest BCUT2D eigenvalue weighted by Crippen LogP contribution is -2.28. The number of rotatable bonds is 3. The summed E-state index contributed by atoms with van der Waals surface area (Å²) in [7, 11) is 0. The first-order chi connectivity index (χ1) is 3.98. The molecule has 0 amide bonds. The van der Waals surface area contributed by atoms with E-state index in [1.165, 1.54) is 0 Å². The van der Waals surface area contributed by atoms with Gasteiger partial charge in [-0.3, -0.25) is 0 Å². The van der Waals surface area contributed by atoms with Crippen LogP contribution in [0.4, 0.5) is 0 Å². The van der Waals surface area contributed by atoms with Crippen molar-refractivity contribution < 1.29 is 9.84 Å². The van der Waals surface area contributed by atoms with E-state index < -0.39 is 5.79 Å². The van der Waals surface area contributed by atoms with E-state index in [4.69, 9.17) is 4.74 Å². The van der Waals surface area contributed by atoms with Crippen molar-refractivity contribution in [3.05, 3.63) is 0 Å². The van der Waals surface area contributed by atoms with Gasteiger partial charge in [-0.2, -0.15) is 5.11 Å². The van der Waals surface area contributed by atoms with Crippen molar-refractivity contribution in [2.75, 3.05) is 0 Å². The molecule has 0 aliphatic carbocycles. The summed E-state index contributed by atoms with van der Waals surface area (Å²) in [4.78, 5) is 0. The monoisotopic (exact) mass is 131 g/mol. The summed E-state index contributed by atoms with van der Waals surface area (Å²) in [6.45, 7) is 7.12. The van der Waals surface area contributed by atoms with Gasteiger partial charge in [0.15, 0.2) is 5.79 Å². The second-order valence-corrected chi connectivity index (χ2v) is 2.65. The third-order valence-electron chi connectivity index (χ3n) is 1.13. The van der Waals surface area contributed by atoms with Gasteiger partial charge in [0.2, 0.25) is 0 Å². The molecule has 0 rings (SSSR count). The van der Waals surface area contributed by atoms with Gasteiger partial charge in [0, 0.05) is 6.42 Å². The van der Waals surface area contributed by atoms with Crippen LogP contribution in [-0.2, 0) is 9.84 Å². The molecule has 0 aliphatic heterocycles. The van der Waals surface area contributed by atoms with Gasteiger partial charge in [0.05, 0.1) is 6.10 Å². The van der Waals surface area contributed by atoms with Gasteiger partial charge in [0.25, 0.3) is 0 Å². The maximum Gasteiger partial charge on any atom is 0.198 e. The third kappa shape index (κ3) is 4.43. The standard InChI is InChI=1S/C7H15O2/c1-5-7(4,8)9-6(2)3/h6H,5H2,1-4H3. The highest BCUT2D eigenvalue weighted by molar-refractivity contribution is 4.56. The summed E-state index contributed by atoms with van der Waals surface area (Å²) in [6.07, 6.45) is 0.554. The van der Waals surface area contributed by atoms with Crippen molar-refractivity contribution in [1.82, 2.24) is 0 Å². The first-order valence-electron chi connectivity index (χ1n) is 3.36. The highest BCUT2D eigenvalue weighted by Crippen LogP contribution is 2.13. The predicted molar refractivity (Wildman–Crippen MR) is 35.6 cm³/mol. The van der Waals surface area contributed by atoms with Crippen LogP contribution in [0.1, 0.15) is 34.1 Å². The second-order valence-electron chi connectivity index (χ2n) is 2.65. The summed E-state index contributed by atoms with van der Waals surface area (Å²) in [5.74, 6) is -1.19. The maximum absolute atomic E-state index is 11.1. The molecule has 0 aromatic heterocycles. The Balaban J connectivity index is 3.58. The molecule has 0 aromatic carbocycles. The molecule has 55 valence electrons. The maximum atomic E-state index is 11.1. The van der Waals surface area contributed by atoms with Crippen LogP contribution in [0.25, 0.3) is 0 Å². The molecular weight excluding hydrogens is 116 g/mol. The minimum atomic E-state index is -1.19. The van der Waals surface area contributed by atoms with Gasteiger partial charge in [-0.1, -0.05) is 6.92 Å². The third-order valence-corrected chi connectivity index (χ3v) is 1.13. The van der Waals surface area contributed by atoms with Crippen molar-refractivity contribution >= 4 is 0 Å². The normalized spacial score (nSPS) is 18.0. The van der Waals surface area contributed by atoms with E-state index in [0.29, 0.717) is 6.42 Å². The largest absolute Gasteiger partial charge is 0.345 e. The molecule has 2 heteroatoms. The summed E-state index contributed by atoms with van der Waals surface area (Å²) in [5, 5.41) is 11.1. The molecule has 0 bridgehead atoms. The van der Waals surface area contributed by atoms with Gasteiger partial charge in [-0.15, -0.1) is 0 Å². The van der Waals surface area contributed by atoms with E-state index >= 15 is 0 Å². The summed E-state index contributed by atoms with van der Waals surface area (Å²) < 4.78 is 5.03. The Labute approximate surface area is 56.8 Å². The van der Waals surface area contributed by atoms with Crippen LogP contribution in [0, 0.1) is 0 Å². The predicted octanol–water partition coefficient (Wildman–Crippen LogP) is 1.97. The summed E-state index contributed by atoms with van der Waals surface area (Å²) >= 11 is 0. The first-order valence-corrected chi connectivity index (χ1v) is 3.36. The number of hydrogen-bond donors (Lipinski definition) is 0. The van der Waals surface area contributed by atoms with Crippen LogP contribution in [-0.4, -0.2) is 11.9 Å². The molecule has 0 fully saturated rings. The highest BCUT2D eigenvalue weighted by atomic mass is 16.6.